The number of hydrogen-bond acceptors (Lipinski definition) is 2. The molecule has 0 aliphatic heterocycles. The third kappa shape index (κ3) is 5.35. The zero-order valence-electron chi connectivity index (χ0n) is 11.4. The summed E-state index contributed by atoms with van der Waals surface area (Å²) in [4.78, 5) is 0. The van der Waals surface area contributed by atoms with E-state index in [1.54, 1.807) is 0 Å². The van der Waals surface area contributed by atoms with E-state index >= 15 is 0 Å². The molecule has 0 aromatic carbocycles. The number of nitrogens with zero attached hydrogens (tertiary/aromatic N) is 2. The molecule has 1 unspecified atom stereocenters. The highest BCUT2D eigenvalue weighted by molar-refractivity contribution is 5.01. The minimum Gasteiger partial charge on any atom is -0.393 e. The van der Waals surface area contributed by atoms with Crippen molar-refractivity contribution in [3.05, 3.63) is 18.0 Å². The van der Waals surface area contributed by atoms with Crippen LogP contribution in [0, 0.1) is 0 Å². The Kier molecular flexibility index (Phi) is 6.27. The van der Waals surface area contributed by atoms with Crippen molar-refractivity contribution in [3.8, 4) is 0 Å². The summed E-state index contributed by atoms with van der Waals surface area (Å²) in [5.41, 5.74) is 1.00. The number of hydrogen-bond donors (Lipinski definition) is 1. The van der Waals surface area contributed by atoms with Crippen molar-refractivity contribution in [2.75, 3.05) is 0 Å². The average Bonchev–Trinajstić information content (AvgIpc) is 2.73. The van der Waals surface area contributed by atoms with E-state index in [4.69, 9.17) is 0 Å². The van der Waals surface area contributed by atoms with Gasteiger partial charge in [0.2, 0.25) is 0 Å². The second-order valence-electron chi connectivity index (χ2n) is 5.09. The third-order valence-corrected chi connectivity index (χ3v) is 3.03. The Hall–Kier alpha value is -0.830. The summed E-state index contributed by atoms with van der Waals surface area (Å²) in [6, 6.07) is 2.40. The molecule has 3 nitrogen and oxygen atoms in total. The van der Waals surface area contributed by atoms with Crippen LogP contribution in [0.15, 0.2) is 12.3 Å². The van der Waals surface area contributed by atoms with Gasteiger partial charge in [-0.1, -0.05) is 32.6 Å². The molecule has 0 aliphatic carbocycles. The maximum absolute atomic E-state index is 9.90. The molecule has 0 fully saturated rings. The number of aliphatic hydroxyl groups excluding tert-OH is 1. The molecule has 0 bridgehead atoms. The molecule has 0 amide bonds. The number of unbranched alkanes of at least 4 members (excludes halogenated alkanes) is 3. The Labute approximate surface area is 105 Å². The Balaban J connectivity index is 2.27. The van der Waals surface area contributed by atoms with E-state index < -0.39 is 0 Å². The molecule has 98 valence electrons. The van der Waals surface area contributed by atoms with Crippen LogP contribution >= 0.6 is 0 Å². The van der Waals surface area contributed by atoms with Crippen LogP contribution in [0.1, 0.15) is 64.6 Å². The van der Waals surface area contributed by atoms with Crippen LogP contribution in [0.25, 0.3) is 0 Å². The predicted molar refractivity (Wildman–Crippen MR) is 71.1 cm³/mol. The molecule has 0 aliphatic rings. The largest absolute Gasteiger partial charge is 0.393 e. The van der Waals surface area contributed by atoms with Crippen LogP contribution in [-0.2, 0) is 6.42 Å². The SMILES string of the molecule is CCCCCCC(O)Cc1ccn(C(C)C)n1. The van der Waals surface area contributed by atoms with Crippen LogP contribution in [0.5, 0.6) is 0 Å². The second-order valence-corrected chi connectivity index (χ2v) is 5.09. The van der Waals surface area contributed by atoms with Crippen molar-refractivity contribution >= 4 is 0 Å². The summed E-state index contributed by atoms with van der Waals surface area (Å²) >= 11 is 0. The summed E-state index contributed by atoms with van der Waals surface area (Å²) in [5.74, 6) is 0. The Bertz CT molecular complexity index is 307. The van der Waals surface area contributed by atoms with Gasteiger partial charge >= 0.3 is 0 Å². The zero-order valence-corrected chi connectivity index (χ0v) is 11.4. The first kappa shape index (κ1) is 14.2. The molecule has 1 heterocycles. The van der Waals surface area contributed by atoms with Gasteiger partial charge in [-0.25, -0.2) is 0 Å². The van der Waals surface area contributed by atoms with Gasteiger partial charge in [0.05, 0.1) is 11.8 Å². The van der Waals surface area contributed by atoms with Crippen molar-refractivity contribution in [3.63, 3.8) is 0 Å². The fraction of sp³-hybridized carbons (Fsp3) is 0.786. The molecule has 3 heteroatoms. The highest BCUT2D eigenvalue weighted by Crippen LogP contribution is 2.11. The zero-order chi connectivity index (χ0) is 12.7. The number of aromatic nitrogens is 2. The van der Waals surface area contributed by atoms with E-state index in [9.17, 15) is 5.11 Å². The minimum atomic E-state index is -0.234. The maximum Gasteiger partial charge on any atom is 0.0650 e. The molecule has 1 N–H and O–H groups in total. The highest BCUT2D eigenvalue weighted by atomic mass is 16.3. The van der Waals surface area contributed by atoms with Gasteiger partial charge in [0.15, 0.2) is 0 Å². The maximum atomic E-state index is 9.90. The lowest BCUT2D eigenvalue weighted by Crippen LogP contribution is -2.11. The van der Waals surface area contributed by atoms with E-state index in [1.165, 1.54) is 19.3 Å². The normalized spacial score (nSPS) is 13.2. The Morgan fingerprint density at radius 1 is 1.29 bits per heavy atom. The lowest BCUT2D eigenvalue weighted by molar-refractivity contribution is 0.159. The van der Waals surface area contributed by atoms with E-state index in [1.807, 2.05) is 16.9 Å². The molecule has 0 saturated carbocycles. The molecule has 17 heavy (non-hydrogen) atoms. The van der Waals surface area contributed by atoms with Crippen LogP contribution in [0.4, 0.5) is 0 Å². The molecule has 0 radical (unpaired) electrons. The van der Waals surface area contributed by atoms with Gasteiger partial charge in [-0.3, -0.25) is 4.68 Å². The van der Waals surface area contributed by atoms with E-state index in [2.05, 4.69) is 25.9 Å². The van der Waals surface area contributed by atoms with Crippen molar-refractivity contribution < 1.29 is 5.11 Å². The van der Waals surface area contributed by atoms with Crippen molar-refractivity contribution in [1.29, 1.82) is 0 Å². The monoisotopic (exact) mass is 238 g/mol. The molecule has 0 saturated heterocycles. The van der Waals surface area contributed by atoms with Gasteiger partial charge < -0.3 is 5.11 Å². The van der Waals surface area contributed by atoms with Crippen LogP contribution in [-0.4, -0.2) is 21.0 Å². The predicted octanol–water partition coefficient (Wildman–Crippen LogP) is 3.34. The molecule has 0 spiro atoms. The molecule has 1 aromatic rings. The fourth-order valence-corrected chi connectivity index (χ4v) is 1.92. The van der Waals surface area contributed by atoms with Gasteiger partial charge in [0.1, 0.15) is 0 Å². The summed E-state index contributed by atoms with van der Waals surface area (Å²) < 4.78 is 1.94. The van der Waals surface area contributed by atoms with Gasteiger partial charge in [0, 0.05) is 18.7 Å². The smallest absolute Gasteiger partial charge is 0.0650 e. The Morgan fingerprint density at radius 3 is 2.65 bits per heavy atom. The molecular formula is C14H26N2O. The highest BCUT2D eigenvalue weighted by Gasteiger charge is 2.08. The summed E-state index contributed by atoms with van der Waals surface area (Å²) in [5, 5.41) is 14.4. The van der Waals surface area contributed by atoms with Crippen molar-refractivity contribution in [2.24, 2.45) is 0 Å². The van der Waals surface area contributed by atoms with Gasteiger partial charge in [-0.15, -0.1) is 0 Å². The van der Waals surface area contributed by atoms with Gasteiger partial charge in [-0.2, -0.15) is 5.10 Å². The third-order valence-electron chi connectivity index (χ3n) is 3.03. The Morgan fingerprint density at radius 2 is 2.06 bits per heavy atom. The minimum absolute atomic E-state index is 0.234. The lowest BCUT2D eigenvalue weighted by atomic mass is 10.1. The van der Waals surface area contributed by atoms with Crippen molar-refractivity contribution in [2.45, 2.75) is 71.4 Å². The lowest BCUT2D eigenvalue weighted by Gasteiger charge is -2.09. The summed E-state index contributed by atoms with van der Waals surface area (Å²) in [6.07, 6.45) is 8.21. The average molecular weight is 238 g/mol. The molecule has 1 aromatic heterocycles. The first-order chi connectivity index (χ1) is 8.13. The van der Waals surface area contributed by atoms with Crippen molar-refractivity contribution in [1.82, 2.24) is 9.78 Å². The topological polar surface area (TPSA) is 38.0 Å². The fourth-order valence-electron chi connectivity index (χ4n) is 1.92. The standard InChI is InChI=1S/C14H26N2O/c1-4-5-6-7-8-14(17)11-13-9-10-16(15-13)12(2)3/h9-10,12,14,17H,4-8,11H2,1-3H3. The number of rotatable bonds is 8. The van der Waals surface area contributed by atoms with E-state index in [0.717, 1.165) is 18.5 Å². The van der Waals surface area contributed by atoms with Crippen LogP contribution in [0.3, 0.4) is 0 Å². The second kappa shape index (κ2) is 7.49. The summed E-state index contributed by atoms with van der Waals surface area (Å²) in [7, 11) is 0. The number of aliphatic hydroxyl groups is 1. The van der Waals surface area contributed by atoms with E-state index in [0.29, 0.717) is 12.5 Å². The van der Waals surface area contributed by atoms with Crippen LogP contribution < -0.4 is 0 Å². The first-order valence-electron chi connectivity index (χ1n) is 6.85. The van der Waals surface area contributed by atoms with Gasteiger partial charge in [-0.05, 0) is 26.3 Å². The van der Waals surface area contributed by atoms with E-state index in [-0.39, 0.29) is 6.10 Å². The first-order valence-corrected chi connectivity index (χ1v) is 6.85. The van der Waals surface area contributed by atoms with Crippen LogP contribution in [0.2, 0.25) is 0 Å². The molecule has 1 atom stereocenters. The molecular weight excluding hydrogens is 212 g/mol. The summed E-state index contributed by atoms with van der Waals surface area (Å²) in [6.45, 7) is 6.42. The quantitative estimate of drug-likeness (QED) is 0.705. The van der Waals surface area contributed by atoms with Gasteiger partial charge in [0.25, 0.3) is 0 Å². The molecule has 1 rings (SSSR count).